The zero-order chi connectivity index (χ0) is 19.3. The molecule has 0 saturated carbocycles. The van der Waals surface area contributed by atoms with Gasteiger partial charge in [-0.05, 0) is 42.7 Å². The molecule has 6 heteroatoms. The van der Waals surface area contributed by atoms with Crippen molar-refractivity contribution in [3.8, 4) is 0 Å². The highest BCUT2D eigenvalue weighted by molar-refractivity contribution is 7.92. The number of nitrogens with one attached hydrogen (secondary N) is 1. The molecule has 0 spiro atoms. The second-order valence-corrected chi connectivity index (χ2v) is 8.11. The predicted molar refractivity (Wildman–Crippen MR) is 106 cm³/mol. The van der Waals surface area contributed by atoms with Crippen LogP contribution >= 0.6 is 0 Å². The molecule has 0 aromatic heterocycles. The number of carbonyl (C=O) groups excluding carboxylic acids is 1. The molecule has 0 radical (unpaired) electrons. The Morgan fingerprint density at radius 1 is 1.12 bits per heavy atom. The van der Waals surface area contributed by atoms with Crippen molar-refractivity contribution < 1.29 is 13.2 Å². The molecular formula is C20H24N2O3S. The number of nitrogens with zero attached hydrogens (tertiary/aromatic N) is 1. The molecule has 26 heavy (non-hydrogen) atoms. The van der Waals surface area contributed by atoms with E-state index in [1.165, 1.54) is 10.6 Å². The van der Waals surface area contributed by atoms with Gasteiger partial charge < -0.3 is 5.32 Å². The average molecular weight is 372 g/mol. The minimum atomic E-state index is -3.46. The van der Waals surface area contributed by atoms with E-state index in [-0.39, 0.29) is 12.5 Å². The molecule has 0 fully saturated rings. The molecule has 0 aliphatic heterocycles. The van der Waals surface area contributed by atoms with E-state index in [4.69, 9.17) is 0 Å². The average Bonchev–Trinajstić information content (AvgIpc) is 2.58. The van der Waals surface area contributed by atoms with E-state index < -0.39 is 10.0 Å². The molecule has 0 aliphatic carbocycles. The van der Waals surface area contributed by atoms with E-state index in [1.807, 2.05) is 32.0 Å². The van der Waals surface area contributed by atoms with Crippen LogP contribution in [-0.2, 0) is 16.6 Å². The van der Waals surface area contributed by atoms with E-state index in [0.29, 0.717) is 17.8 Å². The summed E-state index contributed by atoms with van der Waals surface area (Å²) in [5, 5.41) is 2.71. The van der Waals surface area contributed by atoms with Gasteiger partial charge in [0.2, 0.25) is 10.0 Å². The maximum absolute atomic E-state index is 12.4. The fraction of sp³-hybridized carbons (Fsp3) is 0.250. The Kier molecular flexibility index (Phi) is 6.21. The fourth-order valence-electron chi connectivity index (χ4n) is 2.76. The standard InChI is InChI=1S/C20H24N2O3S/c1-5-13-21-20(23)18-11-9-17(10-12-18)14-22(26(4,24)25)19-15(2)7-6-8-16(19)3/h5-12H,1,13-14H2,2-4H3,(H,21,23). The highest BCUT2D eigenvalue weighted by Crippen LogP contribution is 2.28. The lowest BCUT2D eigenvalue weighted by molar-refractivity contribution is 0.0958. The van der Waals surface area contributed by atoms with Crippen molar-refractivity contribution in [2.45, 2.75) is 20.4 Å². The smallest absolute Gasteiger partial charge is 0.251 e. The van der Waals surface area contributed by atoms with E-state index in [2.05, 4.69) is 11.9 Å². The lowest BCUT2D eigenvalue weighted by atomic mass is 10.1. The summed E-state index contributed by atoms with van der Waals surface area (Å²) in [5.41, 5.74) is 3.82. The van der Waals surface area contributed by atoms with Crippen molar-refractivity contribution in [3.63, 3.8) is 0 Å². The Hall–Kier alpha value is -2.60. The van der Waals surface area contributed by atoms with Gasteiger partial charge in [0.25, 0.3) is 5.91 Å². The van der Waals surface area contributed by atoms with Gasteiger partial charge >= 0.3 is 0 Å². The SMILES string of the molecule is C=CCNC(=O)c1ccc(CN(c2c(C)cccc2C)S(C)(=O)=O)cc1. The topological polar surface area (TPSA) is 66.5 Å². The number of hydrogen-bond acceptors (Lipinski definition) is 3. The molecule has 2 aromatic carbocycles. The normalized spacial score (nSPS) is 11.0. The molecule has 2 rings (SSSR count). The van der Waals surface area contributed by atoms with Crippen LogP contribution in [0.25, 0.3) is 0 Å². The van der Waals surface area contributed by atoms with Crippen LogP contribution < -0.4 is 9.62 Å². The summed E-state index contributed by atoms with van der Waals surface area (Å²) in [6.45, 7) is 7.96. The van der Waals surface area contributed by atoms with Crippen LogP contribution in [0.2, 0.25) is 0 Å². The number of aryl methyl sites for hydroxylation is 2. The molecule has 0 aliphatic rings. The Balaban J connectivity index is 2.30. The van der Waals surface area contributed by atoms with Crippen molar-refractivity contribution in [1.29, 1.82) is 0 Å². The summed E-state index contributed by atoms with van der Waals surface area (Å²) in [6.07, 6.45) is 2.82. The first-order valence-corrected chi connectivity index (χ1v) is 10.1. The Bertz CT molecular complexity index is 883. The van der Waals surface area contributed by atoms with Gasteiger partial charge in [0.15, 0.2) is 0 Å². The van der Waals surface area contributed by atoms with Gasteiger partial charge in [-0.2, -0.15) is 0 Å². The van der Waals surface area contributed by atoms with Crippen LogP contribution in [0.3, 0.4) is 0 Å². The number of anilines is 1. The first-order valence-electron chi connectivity index (χ1n) is 8.26. The largest absolute Gasteiger partial charge is 0.349 e. The third kappa shape index (κ3) is 4.73. The number of sulfonamides is 1. The number of carbonyl (C=O) groups is 1. The predicted octanol–water partition coefficient (Wildman–Crippen LogP) is 3.19. The van der Waals surface area contributed by atoms with Gasteiger partial charge in [0.1, 0.15) is 0 Å². The number of para-hydroxylation sites is 1. The Labute approximate surface area is 155 Å². The highest BCUT2D eigenvalue weighted by atomic mass is 32.2. The van der Waals surface area contributed by atoms with Gasteiger partial charge in [-0.25, -0.2) is 8.42 Å². The monoisotopic (exact) mass is 372 g/mol. The molecule has 0 heterocycles. The summed E-state index contributed by atoms with van der Waals surface area (Å²) in [5.74, 6) is -0.189. The third-order valence-corrected chi connectivity index (χ3v) is 5.15. The molecule has 0 atom stereocenters. The zero-order valence-electron chi connectivity index (χ0n) is 15.3. The van der Waals surface area contributed by atoms with Crippen LogP contribution in [0.1, 0.15) is 27.0 Å². The molecule has 138 valence electrons. The van der Waals surface area contributed by atoms with Crippen LogP contribution in [0.4, 0.5) is 5.69 Å². The lowest BCUT2D eigenvalue weighted by Gasteiger charge is -2.26. The van der Waals surface area contributed by atoms with Gasteiger partial charge in [-0.3, -0.25) is 9.10 Å². The summed E-state index contributed by atoms with van der Waals surface area (Å²) in [7, 11) is -3.46. The summed E-state index contributed by atoms with van der Waals surface area (Å²) in [6, 6.07) is 12.6. The van der Waals surface area contributed by atoms with Crippen molar-refractivity contribution in [2.75, 3.05) is 17.1 Å². The molecular weight excluding hydrogens is 348 g/mol. The van der Waals surface area contributed by atoms with Crippen molar-refractivity contribution in [1.82, 2.24) is 5.32 Å². The molecule has 1 N–H and O–H groups in total. The lowest BCUT2D eigenvalue weighted by Crippen LogP contribution is -2.30. The molecule has 0 unspecified atom stereocenters. The summed E-state index contributed by atoms with van der Waals surface area (Å²) >= 11 is 0. The number of benzene rings is 2. The summed E-state index contributed by atoms with van der Waals surface area (Å²) < 4.78 is 26.2. The quantitative estimate of drug-likeness (QED) is 0.759. The second kappa shape index (κ2) is 8.19. The molecule has 0 saturated heterocycles. The first kappa shape index (κ1) is 19.7. The van der Waals surface area contributed by atoms with E-state index in [1.54, 1.807) is 30.3 Å². The van der Waals surface area contributed by atoms with Crippen LogP contribution in [-0.4, -0.2) is 27.1 Å². The fourth-order valence-corrected chi connectivity index (χ4v) is 3.76. The van der Waals surface area contributed by atoms with E-state index in [9.17, 15) is 13.2 Å². The maximum atomic E-state index is 12.4. The van der Waals surface area contributed by atoms with Crippen molar-refractivity contribution in [2.24, 2.45) is 0 Å². The maximum Gasteiger partial charge on any atom is 0.251 e. The Morgan fingerprint density at radius 2 is 1.69 bits per heavy atom. The molecule has 2 aromatic rings. The van der Waals surface area contributed by atoms with Crippen molar-refractivity contribution in [3.05, 3.63) is 77.4 Å². The van der Waals surface area contributed by atoms with E-state index >= 15 is 0 Å². The number of amides is 1. The minimum absolute atomic E-state index is 0.189. The zero-order valence-corrected chi connectivity index (χ0v) is 16.1. The van der Waals surface area contributed by atoms with Crippen LogP contribution in [0.5, 0.6) is 0 Å². The van der Waals surface area contributed by atoms with Gasteiger partial charge in [0, 0.05) is 12.1 Å². The van der Waals surface area contributed by atoms with Crippen molar-refractivity contribution >= 4 is 21.6 Å². The van der Waals surface area contributed by atoms with E-state index in [0.717, 1.165) is 16.7 Å². The number of rotatable bonds is 7. The van der Waals surface area contributed by atoms with Gasteiger partial charge in [-0.1, -0.05) is 36.4 Å². The third-order valence-electron chi connectivity index (χ3n) is 4.04. The number of hydrogen-bond donors (Lipinski definition) is 1. The highest BCUT2D eigenvalue weighted by Gasteiger charge is 2.21. The van der Waals surface area contributed by atoms with Crippen LogP contribution in [0.15, 0.2) is 55.1 Å². The second-order valence-electron chi connectivity index (χ2n) is 6.21. The first-order chi connectivity index (χ1) is 12.2. The summed E-state index contributed by atoms with van der Waals surface area (Å²) in [4.78, 5) is 11.9. The molecule has 0 bridgehead atoms. The molecule has 1 amide bonds. The van der Waals surface area contributed by atoms with Crippen LogP contribution in [0, 0.1) is 13.8 Å². The molecule has 5 nitrogen and oxygen atoms in total. The minimum Gasteiger partial charge on any atom is -0.349 e. The van der Waals surface area contributed by atoms with Gasteiger partial charge in [-0.15, -0.1) is 6.58 Å². The Morgan fingerprint density at radius 3 is 2.19 bits per heavy atom. The van der Waals surface area contributed by atoms with Gasteiger partial charge in [0.05, 0.1) is 18.5 Å².